The third kappa shape index (κ3) is 3.04. The van der Waals surface area contributed by atoms with E-state index in [2.05, 4.69) is 9.88 Å². The number of fused-ring (bicyclic) bond motifs is 1. The largest absolute Gasteiger partial charge is 0.368 e. The minimum absolute atomic E-state index is 0.0894. The molecule has 130 valence electrons. The molecule has 2 aliphatic rings. The number of amides is 1. The molecule has 5 nitrogen and oxygen atoms in total. The Hall–Kier alpha value is -2.63. The van der Waals surface area contributed by atoms with Gasteiger partial charge < -0.3 is 14.8 Å². The summed E-state index contributed by atoms with van der Waals surface area (Å²) in [7, 11) is 0. The number of carbonyl (C=O) groups excluding carboxylic acids is 1. The van der Waals surface area contributed by atoms with Crippen molar-refractivity contribution < 1.29 is 9.18 Å². The first-order chi connectivity index (χ1) is 12.1. The fourth-order valence-electron chi connectivity index (χ4n) is 3.92. The number of rotatable bonds is 2. The van der Waals surface area contributed by atoms with Gasteiger partial charge in [-0.2, -0.15) is 0 Å². The third-order valence-electron chi connectivity index (χ3n) is 5.19. The van der Waals surface area contributed by atoms with Crippen LogP contribution in [0.2, 0.25) is 0 Å². The van der Waals surface area contributed by atoms with E-state index in [0.717, 1.165) is 37.1 Å². The molecule has 3 heterocycles. The summed E-state index contributed by atoms with van der Waals surface area (Å²) in [6.07, 6.45) is 4.14. The lowest BCUT2D eigenvalue weighted by Crippen LogP contribution is -2.46. The highest BCUT2D eigenvalue weighted by Crippen LogP contribution is 2.33. The van der Waals surface area contributed by atoms with Gasteiger partial charge in [-0.15, -0.1) is 0 Å². The SMILES string of the molecule is O=C(c1cc[nH]c(=O)c1)N1CCC(N2CCc3cc(F)ccc32)CC1. The lowest BCUT2D eigenvalue weighted by molar-refractivity contribution is 0.0712. The molecule has 4 rings (SSSR count). The average molecular weight is 341 g/mol. The number of H-pyrrole nitrogens is 1. The summed E-state index contributed by atoms with van der Waals surface area (Å²) < 4.78 is 13.4. The van der Waals surface area contributed by atoms with E-state index in [9.17, 15) is 14.0 Å². The molecule has 6 heteroatoms. The number of hydrogen-bond acceptors (Lipinski definition) is 3. The minimum atomic E-state index is -0.262. The molecule has 0 spiro atoms. The van der Waals surface area contributed by atoms with Crippen LogP contribution in [0.15, 0.2) is 41.3 Å². The van der Waals surface area contributed by atoms with E-state index in [1.54, 1.807) is 12.1 Å². The van der Waals surface area contributed by atoms with Gasteiger partial charge >= 0.3 is 0 Å². The zero-order valence-corrected chi connectivity index (χ0v) is 13.9. The van der Waals surface area contributed by atoms with Crippen molar-refractivity contribution in [3.05, 3.63) is 63.8 Å². The van der Waals surface area contributed by atoms with Crippen LogP contribution >= 0.6 is 0 Å². The van der Waals surface area contributed by atoms with Gasteiger partial charge in [-0.25, -0.2) is 4.39 Å². The number of piperidine rings is 1. The molecular weight excluding hydrogens is 321 g/mol. The molecule has 0 bridgehead atoms. The lowest BCUT2D eigenvalue weighted by Gasteiger charge is -2.38. The van der Waals surface area contributed by atoms with E-state index in [0.29, 0.717) is 24.7 Å². The Balaban J connectivity index is 1.43. The molecule has 0 aliphatic carbocycles. The molecule has 0 saturated carbocycles. The first kappa shape index (κ1) is 15.9. The molecule has 1 saturated heterocycles. The molecule has 1 fully saturated rings. The molecule has 1 N–H and O–H groups in total. The van der Waals surface area contributed by atoms with Crippen molar-refractivity contribution in [1.29, 1.82) is 0 Å². The maximum atomic E-state index is 13.4. The molecule has 0 atom stereocenters. The normalized spacial score (nSPS) is 17.6. The van der Waals surface area contributed by atoms with E-state index < -0.39 is 0 Å². The Bertz CT molecular complexity index is 856. The minimum Gasteiger partial charge on any atom is -0.368 e. The second kappa shape index (κ2) is 6.35. The molecule has 2 aliphatic heterocycles. The second-order valence-corrected chi connectivity index (χ2v) is 6.68. The van der Waals surface area contributed by atoms with Gasteiger partial charge in [0, 0.05) is 49.2 Å². The highest BCUT2D eigenvalue weighted by Gasteiger charge is 2.31. The first-order valence-electron chi connectivity index (χ1n) is 8.65. The summed E-state index contributed by atoms with van der Waals surface area (Å²) in [5.41, 5.74) is 2.37. The molecule has 0 radical (unpaired) electrons. The smallest absolute Gasteiger partial charge is 0.254 e. The fourth-order valence-corrected chi connectivity index (χ4v) is 3.92. The Morgan fingerprint density at radius 2 is 1.92 bits per heavy atom. The van der Waals surface area contributed by atoms with Crippen molar-refractivity contribution in [2.75, 3.05) is 24.5 Å². The van der Waals surface area contributed by atoms with Crippen LogP contribution < -0.4 is 10.5 Å². The van der Waals surface area contributed by atoms with Gasteiger partial charge in [0.25, 0.3) is 5.91 Å². The van der Waals surface area contributed by atoms with E-state index in [1.807, 2.05) is 11.0 Å². The second-order valence-electron chi connectivity index (χ2n) is 6.68. The van der Waals surface area contributed by atoms with E-state index in [-0.39, 0.29) is 17.3 Å². The number of anilines is 1. The molecule has 0 unspecified atom stereocenters. The van der Waals surface area contributed by atoms with Crippen molar-refractivity contribution in [3.63, 3.8) is 0 Å². The van der Waals surface area contributed by atoms with Crippen LogP contribution in [0.25, 0.3) is 0 Å². The topological polar surface area (TPSA) is 56.4 Å². The number of benzene rings is 1. The molecule has 2 aromatic rings. The quantitative estimate of drug-likeness (QED) is 0.911. The first-order valence-corrected chi connectivity index (χ1v) is 8.65. The predicted octanol–water partition coefficient (Wildman–Crippen LogP) is 2.18. The number of halogens is 1. The maximum absolute atomic E-state index is 13.4. The number of nitrogens with one attached hydrogen (secondary N) is 1. The van der Waals surface area contributed by atoms with Gasteiger partial charge in [-0.05, 0) is 49.1 Å². The van der Waals surface area contributed by atoms with Crippen LogP contribution in [0.5, 0.6) is 0 Å². The Kier molecular flexibility index (Phi) is 4.03. The van der Waals surface area contributed by atoms with Gasteiger partial charge in [0.05, 0.1) is 0 Å². The van der Waals surface area contributed by atoms with Crippen molar-refractivity contribution in [1.82, 2.24) is 9.88 Å². The molecule has 1 aromatic carbocycles. The predicted molar refractivity (Wildman–Crippen MR) is 93.4 cm³/mol. The molecule has 25 heavy (non-hydrogen) atoms. The van der Waals surface area contributed by atoms with Crippen molar-refractivity contribution in [2.45, 2.75) is 25.3 Å². The monoisotopic (exact) mass is 341 g/mol. The number of aromatic nitrogens is 1. The van der Waals surface area contributed by atoms with Gasteiger partial charge in [0.15, 0.2) is 0 Å². The number of carbonyl (C=O) groups is 1. The Morgan fingerprint density at radius 1 is 1.12 bits per heavy atom. The van der Waals surface area contributed by atoms with Crippen LogP contribution in [0.4, 0.5) is 10.1 Å². The summed E-state index contributed by atoms with van der Waals surface area (Å²) >= 11 is 0. The number of aromatic amines is 1. The zero-order chi connectivity index (χ0) is 17.4. The number of hydrogen-bond donors (Lipinski definition) is 1. The number of nitrogens with zero attached hydrogens (tertiary/aromatic N) is 2. The van der Waals surface area contributed by atoms with Gasteiger partial charge in [0.1, 0.15) is 5.82 Å². The zero-order valence-electron chi connectivity index (χ0n) is 13.9. The highest BCUT2D eigenvalue weighted by molar-refractivity contribution is 5.94. The van der Waals surface area contributed by atoms with Gasteiger partial charge in [0.2, 0.25) is 5.56 Å². The van der Waals surface area contributed by atoms with E-state index >= 15 is 0 Å². The van der Waals surface area contributed by atoms with Gasteiger partial charge in [-0.3, -0.25) is 9.59 Å². The molecular formula is C19H20FN3O2. The maximum Gasteiger partial charge on any atom is 0.254 e. The van der Waals surface area contributed by atoms with Crippen molar-refractivity contribution in [2.24, 2.45) is 0 Å². The number of pyridine rings is 1. The molecule has 1 aromatic heterocycles. The lowest BCUT2D eigenvalue weighted by atomic mass is 10.0. The Morgan fingerprint density at radius 3 is 2.68 bits per heavy atom. The van der Waals surface area contributed by atoms with Crippen LogP contribution in [0, 0.1) is 5.82 Å². The number of likely N-dealkylation sites (tertiary alicyclic amines) is 1. The summed E-state index contributed by atoms with van der Waals surface area (Å²) in [6, 6.07) is 8.37. The van der Waals surface area contributed by atoms with Crippen LogP contribution in [-0.4, -0.2) is 41.5 Å². The standard InChI is InChI=1S/C19H20FN3O2/c20-15-1-2-17-13(11-15)4-10-23(17)16-5-8-22(9-6-16)19(25)14-3-7-21-18(24)12-14/h1-3,7,11-12,16H,4-6,8-10H2,(H,21,24). The summed E-state index contributed by atoms with van der Waals surface area (Å²) in [5.74, 6) is -0.271. The summed E-state index contributed by atoms with van der Waals surface area (Å²) in [4.78, 5) is 30.6. The Labute approximate surface area is 145 Å². The highest BCUT2D eigenvalue weighted by atomic mass is 19.1. The van der Waals surface area contributed by atoms with Crippen LogP contribution in [-0.2, 0) is 6.42 Å². The van der Waals surface area contributed by atoms with Gasteiger partial charge in [-0.1, -0.05) is 0 Å². The molecule has 1 amide bonds. The summed E-state index contributed by atoms with van der Waals surface area (Å²) in [5, 5.41) is 0. The van der Waals surface area contributed by atoms with Crippen molar-refractivity contribution >= 4 is 11.6 Å². The van der Waals surface area contributed by atoms with Crippen molar-refractivity contribution in [3.8, 4) is 0 Å². The third-order valence-corrected chi connectivity index (χ3v) is 5.19. The van der Waals surface area contributed by atoms with E-state index in [1.165, 1.54) is 18.3 Å². The van der Waals surface area contributed by atoms with Crippen LogP contribution in [0.1, 0.15) is 28.8 Å². The van der Waals surface area contributed by atoms with Crippen LogP contribution in [0.3, 0.4) is 0 Å². The summed E-state index contributed by atoms with van der Waals surface area (Å²) in [6.45, 7) is 2.25. The van der Waals surface area contributed by atoms with E-state index in [4.69, 9.17) is 0 Å². The fraction of sp³-hybridized carbons (Fsp3) is 0.368. The average Bonchev–Trinajstić information content (AvgIpc) is 3.04.